The summed E-state index contributed by atoms with van der Waals surface area (Å²) in [6.45, 7) is 3.02. The van der Waals surface area contributed by atoms with E-state index in [-0.39, 0.29) is 9.70 Å². The molecule has 0 aliphatic rings. The standard InChI is InChI=1S/C14H15ClN2O2S2/c1-2-19-21-14(18)20-13(9-17-8-7-16-10-17)11-3-5-12(15)6-4-11/h3-8,10,13H,2,9H2,1H3. The highest BCUT2D eigenvalue weighted by Gasteiger charge is 2.18. The van der Waals surface area contributed by atoms with Crippen molar-refractivity contribution in [2.24, 2.45) is 0 Å². The van der Waals surface area contributed by atoms with Gasteiger partial charge in [0.25, 0.3) is 4.45 Å². The van der Waals surface area contributed by atoms with Crippen molar-refractivity contribution in [3.63, 3.8) is 0 Å². The first kappa shape index (κ1) is 16.4. The van der Waals surface area contributed by atoms with Crippen molar-refractivity contribution < 1.29 is 8.98 Å². The van der Waals surface area contributed by atoms with Crippen LogP contribution in [0.1, 0.15) is 17.7 Å². The Bertz CT molecular complexity index is 561. The monoisotopic (exact) mass is 342 g/mol. The van der Waals surface area contributed by atoms with Crippen LogP contribution in [0.4, 0.5) is 4.79 Å². The van der Waals surface area contributed by atoms with E-state index in [2.05, 4.69) is 4.98 Å². The molecule has 21 heavy (non-hydrogen) atoms. The van der Waals surface area contributed by atoms with E-state index in [4.69, 9.17) is 15.8 Å². The van der Waals surface area contributed by atoms with Crippen LogP contribution in [0, 0.1) is 0 Å². The number of nitrogens with zero attached hydrogens (tertiary/aromatic N) is 2. The van der Waals surface area contributed by atoms with Crippen LogP contribution in [0.2, 0.25) is 5.02 Å². The van der Waals surface area contributed by atoms with Gasteiger partial charge in [0.1, 0.15) is 0 Å². The quantitative estimate of drug-likeness (QED) is 0.704. The van der Waals surface area contributed by atoms with Crippen molar-refractivity contribution in [3.8, 4) is 0 Å². The Morgan fingerprint density at radius 3 is 2.81 bits per heavy atom. The molecule has 0 N–H and O–H groups in total. The SMILES string of the molecule is CCOSC(=O)SC(Cn1ccnc1)c1ccc(Cl)cc1. The third kappa shape index (κ3) is 5.39. The van der Waals surface area contributed by atoms with E-state index in [0.29, 0.717) is 18.2 Å². The van der Waals surface area contributed by atoms with Crippen LogP contribution in [0.25, 0.3) is 0 Å². The van der Waals surface area contributed by atoms with Gasteiger partial charge in [-0.15, -0.1) is 0 Å². The Kier molecular flexibility index (Phi) is 6.63. The summed E-state index contributed by atoms with van der Waals surface area (Å²) in [6.07, 6.45) is 5.34. The van der Waals surface area contributed by atoms with Gasteiger partial charge in [0, 0.05) is 24.0 Å². The molecule has 0 bridgehead atoms. The van der Waals surface area contributed by atoms with Crippen LogP contribution in [0.5, 0.6) is 0 Å². The lowest BCUT2D eigenvalue weighted by molar-refractivity contribution is 0.274. The Morgan fingerprint density at radius 1 is 1.43 bits per heavy atom. The molecule has 7 heteroatoms. The summed E-state index contributed by atoms with van der Waals surface area (Å²) in [6, 6.07) is 7.54. The van der Waals surface area contributed by atoms with Crippen molar-refractivity contribution in [2.45, 2.75) is 18.7 Å². The van der Waals surface area contributed by atoms with Crippen LogP contribution in [0.15, 0.2) is 43.0 Å². The zero-order valence-electron chi connectivity index (χ0n) is 11.4. The third-order valence-corrected chi connectivity index (χ3v) is 4.79. The molecule has 1 heterocycles. The number of carbonyl (C=O) groups is 1. The Balaban J connectivity index is 2.09. The Labute approximate surface area is 137 Å². The molecule has 0 saturated carbocycles. The number of thioether (sulfide) groups is 1. The number of hydrogen-bond donors (Lipinski definition) is 0. The molecule has 0 amide bonds. The van der Waals surface area contributed by atoms with Crippen LogP contribution in [-0.2, 0) is 10.7 Å². The van der Waals surface area contributed by atoms with Crippen molar-refractivity contribution in [1.29, 1.82) is 0 Å². The van der Waals surface area contributed by atoms with E-state index >= 15 is 0 Å². The summed E-state index contributed by atoms with van der Waals surface area (Å²) in [5, 5.41) is 0.664. The third-order valence-electron chi connectivity index (χ3n) is 2.66. The van der Waals surface area contributed by atoms with E-state index < -0.39 is 0 Å². The Hall–Kier alpha value is -0.950. The van der Waals surface area contributed by atoms with Gasteiger partial charge in [-0.05, 0) is 24.6 Å². The normalized spacial score (nSPS) is 12.3. The maximum atomic E-state index is 11.9. The van der Waals surface area contributed by atoms with E-state index in [1.54, 1.807) is 12.5 Å². The topological polar surface area (TPSA) is 44.1 Å². The maximum Gasteiger partial charge on any atom is 0.273 e. The predicted molar refractivity (Wildman–Crippen MR) is 88.6 cm³/mol. The molecule has 1 aromatic carbocycles. The van der Waals surface area contributed by atoms with Crippen molar-refractivity contribution >= 4 is 39.9 Å². The number of imidazole rings is 1. The maximum absolute atomic E-state index is 11.9. The van der Waals surface area contributed by atoms with Gasteiger partial charge in [-0.3, -0.25) is 4.79 Å². The number of halogens is 1. The van der Waals surface area contributed by atoms with E-state index in [0.717, 1.165) is 17.6 Å². The van der Waals surface area contributed by atoms with Crippen LogP contribution >= 0.6 is 35.4 Å². The molecule has 2 aromatic rings. The van der Waals surface area contributed by atoms with Gasteiger partial charge in [0.05, 0.1) is 30.2 Å². The smallest absolute Gasteiger partial charge is 0.273 e. The molecule has 4 nitrogen and oxygen atoms in total. The minimum absolute atomic E-state index is 0.0167. The molecule has 0 aliphatic heterocycles. The molecule has 1 aromatic heterocycles. The van der Waals surface area contributed by atoms with Gasteiger partial charge in [0.15, 0.2) is 0 Å². The first-order chi connectivity index (χ1) is 10.2. The zero-order valence-corrected chi connectivity index (χ0v) is 13.8. The number of rotatable bonds is 6. The first-order valence-corrected chi connectivity index (χ1v) is 8.40. The van der Waals surface area contributed by atoms with Gasteiger partial charge >= 0.3 is 0 Å². The summed E-state index contributed by atoms with van der Waals surface area (Å²) in [4.78, 5) is 16.0. The van der Waals surface area contributed by atoms with Gasteiger partial charge in [-0.25, -0.2) is 4.98 Å². The molecule has 0 fully saturated rings. The molecule has 0 radical (unpaired) electrons. The average molecular weight is 343 g/mol. The second-order valence-electron chi connectivity index (χ2n) is 4.16. The fourth-order valence-electron chi connectivity index (χ4n) is 1.72. The van der Waals surface area contributed by atoms with Crippen LogP contribution < -0.4 is 0 Å². The van der Waals surface area contributed by atoms with Crippen molar-refractivity contribution in [2.75, 3.05) is 6.61 Å². The highest BCUT2D eigenvalue weighted by Crippen LogP contribution is 2.35. The number of aromatic nitrogens is 2. The lowest BCUT2D eigenvalue weighted by Gasteiger charge is -2.16. The molecular weight excluding hydrogens is 328 g/mol. The first-order valence-electron chi connectivity index (χ1n) is 6.40. The van der Waals surface area contributed by atoms with Crippen LogP contribution in [0.3, 0.4) is 0 Å². The number of benzene rings is 1. The molecule has 0 saturated heterocycles. The van der Waals surface area contributed by atoms with E-state index in [1.807, 2.05) is 42.0 Å². The molecule has 0 aliphatic carbocycles. The molecule has 1 unspecified atom stereocenters. The lowest BCUT2D eigenvalue weighted by atomic mass is 10.1. The van der Waals surface area contributed by atoms with E-state index in [9.17, 15) is 4.79 Å². The molecule has 1 atom stereocenters. The van der Waals surface area contributed by atoms with E-state index in [1.165, 1.54) is 11.8 Å². The van der Waals surface area contributed by atoms with Crippen molar-refractivity contribution in [3.05, 3.63) is 53.6 Å². The average Bonchev–Trinajstić information content (AvgIpc) is 2.98. The summed E-state index contributed by atoms with van der Waals surface area (Å²) >= 11 is 8.06. The van der Waals surface area contributed by atoms with Gasteiger partial charge in [0.2, 0.25) is 0 Å². The largest absolute Gasteiger partial charge is 0.336 e. The summed E-state index contributed by atoms with van der Waals surface area (Å²) < 4.78 is 6.98. The fourth-order valence-corrected chi connectivity index (χ4v) is 3.48. The minimum Gasteiger partial charge on any atom is -0.336 e. The fraction of sp³-hybridized carbons (Fsp3) is 0.286. The molecular formula is C14H15ClN2O2S2. The molecule has 112 valence electrons. The second-order valence-corrected chi connectivity index (χ2v) is 6.80. The summed E-state index contributed by atoms with van der Waals surface area (Å²) in [5.74, 6) is 0. The number of carbonyl (C=O) groups excluding carboxylic acids is 1. The highest BCUT2D eigenvalue weighted by molar-refractivity contribution is 8.36. The number of hydrogen-bond acceptors (Lipinski definition) is 5. The zero-order chi connectivity index (χ0) is 15.1. The molecule has 2 rings (SSSR count). The minimum atomic E-state index is -0.0584. The van der Waals surface area contributed by atoms with Crippen molar-refractivity contribution in [1.82, 2.24) is 9.55 Å². The Morgan fingerprint density at radius 2 is 2.19 bits per heavy atom. The van der Waals surface area contributed by atoms with Gasteiger partial charge < -0.3 is 8.75 Å². The van der Waals surface area contributed by atoms with Gasteiger partial charge in [-0.2, -0.15) is 0 Å². The summed E-state index contributed by atoms with van der Waals surface area (Å²) in [7, 11) is 0. The molecule has 0 spiro atoms. The van der Waals surface area contributed by atoms with Gasteiger partial charge in [-0.1, -0.05) is 35.5 Å². The highest BCUT2D eigenvalue weighted by atomic mass is 35.5. The second kappa shape index (κ2) is 8.48. The predicted octanol–water partition coefficient (Wildman–Crippen LogP) is 4.82. The summed E-state index contributed by atoms with van der Waals surface area (Å²) in [5.41, 5.74) is 1.04. The lowest BCUT2D eigenvalue weighted by Crippen LogP contribution is -2.06. The van der Waals surface area contributed by atoms with Crippen LogP contribution in [-0.4, -0.2) is 20.6 Å².